The average molecular weight is 359 g/mol. The van der Waals surface area contributed by atoms with E-state index in [0.29, 0.717) is 38.4 Å². The topological polar surface area (TPSA) is 75.3 Å². The van der Waals surface area contributed by atoms with Gasteiger partial charge in [0.1, 0.15) is 5.82 Å². The van der Waals surface area contributed by atoms with Crippen LogP contribution in [0.5, 0.6) is 0 Å². The molecule has 0 bridgehead atoms. The summed E-state index contributed by atoms with van der Waals surface area (Å²) in [6.07, 6.45) is 2.20. The summed E-state index contributed by atoms with van der Waals surface area (Å²) in [7, 11) is 0. The van der Waals surface area contributed by atoms with Crippen LogP contribution in [-0.2, 0) is 22.4 Å². The van der Waals surface area contributed by atoms with Gasteiger partial charge in [-0.25, -0.2) is 9.37 Å². The molecule has 0 radical (unpaired) electrons. The van der Waals surface area contributed by atoms with Gasteiger partial charge in [-0.1, -0.05) is 6.07 Å². The zero-order valence-electron chi connectivity index (χ0n) is 14.7. The number of hydrogen-bond acceptors (Lipinski definition) is 4. The maximum absolute atomic E-state index is 13.2. The SMILES string of the molecule is Cc1cc(F)ccc1CC(=O)N1CCOCC(Cc2cc(=O)[nH]cn2)C1. The third kappa shape index (κ3) is 4.76. The first-order valence-electron chi connectivity index (χ1n) is 8.65. The summed E-state index contributed by atoms with van der Waals surface area (Å²) in [5.74, 6) is -0.230. The molecule has 26 heavy (non-hydrogen) atoms. The lowest BCUT2D eigenvalue weighted by Crippen LogP contribution is -2.37. The summed E-state index contributed by atoms with van der Waals surface area (Å²) in [5.41, 5.74) is 2.10. The fourth-order valence-corrected chi connectivity index (χ4v) is 3.18. The maximum Gasteiger partial charge on any atom is 0.250 e. The molecular weight excluding hydrogens is 337 g/mol. The predicted molar refractivity (Wildman–Crippen MR) is 94.3 cm³/mol. The zero-order chi connectivity index (χ0) is 18.5. The Kier molecular flexibility index (Phi) is 5.78. The van der Waals surface area contributed by atoms with E-state index in [0.717, 1.165) is 11.1 Å². The fourth-order valence-electron chi connectivity index (χ4n) is 3.18. The lowest BCUT2D eigenvalue weighted by molar-refractivity contribution is -0.130. The molecule has 6 nitrogen and oxygen atoms in total. The van der Waals surface area contributed by atoms with E-state index in [1.165, 1.54) is 24.5 Å². The van der Waals surface area contributed by atoms with Crippen molar-refractivity contribution in [2.24, 2.45) is 5.92 Å². The number of benzene rings is 1. The molecule has 0 spiro atoms. The van der Waals surface area contributed by atoms with Crippen LogP contribution in [-0.4, -0.2) is 47.1 Å². The van der Waals surface area contributed by atoms with Crippen LogP contribution >= 0.6 is 0 Å². The lowest BCUT2D eigenvalue weighted by atomic mass is 10.0. The van der Waals surface area contributed by atoms with Gasteiger partial charge in [-0.3, -0.25) is 9.59 Å². The fraction of sp³-hybridized carbons (Fsp3) is 0.421. The summed E-state index contributed by atoms with van der Waals surface area (Å²) < 4.78 is 18.9. The molecular formula is C19H22FN3O3. The van der Waals surface area contributed by atoms with Gasteiger partial charge >= 0.3 is 0 Å². The third-order valence-electron chi connectivity index (χ3n) is 4.57. The molecule has 3 rings (SSSR count). The monoisotopic (exact) mass is 359 g/mol. The summed E-state index contributed by atoms with van der Waals surface area (Å²) in [6.45, 7) is 3.88. The smallest absolute Gasteiger partial charge is 0.250 e. The van der Waals surface area contributed by atoms with Crippen molar-refractivity contribution in [1.29, 1.82) is 0 Å². The second-order valence-corrected chi connectivity index (χ2v) is 6.63. The van der Waals surface area contributed by atoms with Crippen molar-refractivity contribution < 1.29 is 13.9 Å². The van der Waals surface area contributed by atoms with Crippen LogP contribution in [0.4, 0.5) is 4.39 Å². The minimum Gasteiger partial charge on any atom is -0.379 e. The highest BCUT2D eigenvalue weighted by molar-refractivity contribution is 5.79. The number of carbonyl (C=O) groups excluding carboxylic acids is 1. The Morgan fingerprint density at radius 1 is 1.42 bits per heavy atom. The van der Waals surface area contributed by atoms with E-state index in [4.69, 9.17) is 4.74 Å². The van der Waals surface area contributed by atoms with Gasteiger partial charge in [-0.05, 0) is 36.6 Å². The molecule has 2 aromatic rings. The Labute approximate surface area is 151 Å². The molecule has 0 saturated carbocycles. The first-order valence-corrected chi connectivity index (χ1v) is 8.65. The quantitative estimate of drug-likeness (QED) is 0.897. The molecule has 1 aliphatic rings. The Balaban J connectivity index is 1.66. The van der Waals surface area contributed by atoms with E-state index in [1.807, 2.05) is 0 Å². The minimum atomic E-state index is -0.299. The number of aromatic nitrogens is 2. The molecule has 1 fully saturated rings. The highest BCUT2D eigenvalue weighted by Crippen LogP contribution is 2.16. The van der Waals surface area contributed by atoms with Crippen LogP contribution in [0.1, 0.15) is 16.8 Å². The number of H-pyrrole nitrogens is 1. The molecule has 1 N–H and O–H groups in total. The van der Waals surface area contributed by atoms with E-state index in [2.05, 4.69) is 9.97 Å². The number of halogens is 1. The number of aromatic amines is 1. The highest BCUT2D eigenvalue weighted by atomic mass is 19.1. The molecule has 1 aliphatic heterocycles. The molecule has 1 amide bonds. The number of hydrogen-bond donors (Lipinski definition) is 1. The third-order valence-corrected chi connectivity index (χ3v) is 4.57. The van der Waals surface area contributed by atoms with Gasteiger partial charge in [0.25, 0.3) is 5.56 Å². The molecule has 1 atom stereocenters. The van der Waals surface area contributed by atoms with E-state index >= 15 is 0 Å². The normalized spacial score (nSPS) is 17.8. The van der Waals surface area contributed by atoms with Crippen LogP contribution < -0.4 is 5.56 Å². The summed E-state index contributed by atoms with van der Waals surface area (Å²) in [5, 5.41) is 0. The molecule has 1 unspecified atom stereocenters. The van der Waals surface area contributed by atoms with Gasteiger partial charge < -0.3 is 14.6 Å². The summed E-state index contributed by atoms with van der Waals surface area (Å²) in [4.78, 5) is 32.6. The van der Waals surface area contributed by atoms with Gasteiger partial charge in [0.15, 0.2) is 0 Å². The first kappa shape index (κ1) is 18.3. The Morgan fingerprint density at radius 3 is 3.04 bits per heavy atom. The Bertz CT molecular complexity index is 837. The lowest BCUT2D eigenvalue weighted by Gasteiger charge is -2.24. The summed E-state index contributed by atoms with van der Waals surface area (Å²) in [6, 6.07) is 5.95. The molecule has 2 heterocycles. The minimum absolute atomic E-state index is 0.00548. The number of aryl methyl sites for hydroxylation is 1. The number of nitrogens with one attached hydrogen (secondary N) is 1. The van der Waals surface area contributed by atoms with Gasteiger partial charge in [-0.15, -0.1) is 0 Å². The molecule has 0 aliphatic carbocycles. The van der Waals surface area contributed by atoms with Crippen molar-refractivity contribution in [2.75, 3.05) is 26.3 Å². The van der Waals surface area contributed by atoms with E-state index < -0.39 is 0 Å². The number of nitrogens with zero attached hydrogens (tertiary/aromatic N) is 2. The largest absolute Gasteiger partial charge is 0.379 e. The number of ether oxygens (including phenoxy) is 1. The van der Waals surface area contributed by atoms with Gasteiger partial charge in [-0.2, -0.15) is 0 Å². The van der Waals surface area contributed by atoms with Gasteiger partial charge in [0, 0.05) is 30.8 Å². The zero-order valence-corrected chi connectivity index (χ0v) is 14.7. The van der Waals surface area contributed by atoms with Crippen LogP contribution in [0, 0.1) is 18.7 Å². The van der Waals surface area contributed by atoms with Crippen molar-refractivity contribution in [3.8, 4) is 0 Å². The molecule has 1 aromatic heterocycles. The summed E-state index contributed by atoms with van der Waals surface area (Å²) >= 11 is 0. The van der Waals surface area contributed by atoms with Gasteiger partial charge in [0.05, 0.1) is 26.0 Å². The van der Waals surface area contributed by atoms with Gasteiger partial charge in [0.2, 0.25) is 5.91 Å². The molecule has 7 heteroatoms. The second-order valence-electron chi connectivity index (χ2n) is 6.63. The molecule has 138 valence electrons. The number of amides is 1. The Hall–Kier alpha value is -2.54. The van der Waals surface area contributed by atoms with Crippen LogP contribution in [0.2, 0.25) is 0 Å². The van der Waals surface area contributed by atoms with Crippen molar-refractivity contribution in [1.82, 2.24) is 14.9 Å². The van der Waals surface area contributed by atoms with E-state index in [9.17, 15) is 14.0 Å². The van der Waals surface area contributed by atoms with E-state index in [1.54, 1.807) is 17.9 Å². The van der Waals surface area contributed by atoms with Crippen molar-refractivity contribution in [2.45, 2.75) is 19.8 Å². The molecule has 1 saturated heterocycles. The van der Waals surface area contributed by atoms with Crippen molar-refractivity contribution in [3.63, 3.8) is 0 Å². The highest BCUT2D eigenvalue weighted by Gasteiger charge is 2.23. The number of carbonyl (C=O) groups is 1. The first-order chi connectivity index (χ1) is 12.5. The maximum atomic E-state index is 13.2. The standard InChI is InChI=1S/C19H22FN3O3/c1-13-6-16(20)3-2-15(13)8-19(25)23-4-5-26-11-14(10-23)7-17-9-18(24)22-12-21-17/h2-3,6,9,12,14H,4-5,7-8,10-11H2,1H3,(H,21,22,24). The number of rotatable bonds is 4. The molecule has 1 aromatic carbocycles. The second kappa shape index (κ2) is 8.23. The van der Waals surface area contributed by atoms with Crippen LogP contribution in [0.25, 0.3) is 0 Å². The van der Waals surface area contributed by atoms with Crippen molar-refractivity contribution in [3.05, 3.63) is 63.6 Å². The van der Waals surface area contributed by atoms with Crippen LogP contribution in [0.3, 0.4) is 0 Å². The van der Waals surface area contributed by atoms with Crippen LogP contribution in [0.15, 0.2) is 35.4 Å². The van der Waals surface area contributed by atoms with E-state index in [-0.39, 0.29) is 29.6 Å². The Morgan fingerprint density at radius 2 is 2.27 bits per heavy atom. The predicted octanol–water partition coefficient (Wildman–Crippen LogP) is 1.48. The van der Waals surface area contributed by atoms with Crippen molar-refractivity contribution >= 4 is 5.91 Å². The average Bonchev–Trinajstić information content (AvgIpc) is 2.83.